The number of hydrogen-bond acceptors (Lipinski definition) is 4. The number of aromatic nitrogens is 1. The predicted octanol–water partition coefficient (Wildman–Crippen LogP) is 2.64. The van der Waals surface area contributed by atoms with E-state index in [1.807, 2.05) is 0 Å². The van der Waals surface area contributed by atoms with Gasteiger partial charge in [-0.3, -0.25) is 9.78 Å². The van der Waals surface area contributed by atoms with Gasteiger partial charge >= 0.3 is 6.18 Å². The molecule has 2 unspecified atom stereocenters. The first-order chi connectivity index (χ1) is 10.2. The van der Waals surface area contributed by atoms with Crippen LogP contribution in [0.15, 0.2) is 18.3 Å². The lowest BCUT2D eigenvalue weighted by molar-refractivity contribution is -0.141. The third kappa shape index (κ3) is 2.43. The molecule has 0 radical (unpaired) electrons. The zero-order chi connectivity index (χ0) is 16.1. The molecule has 0 aromatic carbocycles. The molecule has 2 fully saturated rings. The Bertz CT molecular complexity index is 694. The minimum Gasteiger partial charge on any atom is -0.294 e. The van der Waals surface area contributed by atoms with Gasteiger partial charge in [0.1, 0.15) is 0 Å². The van der Waals surface area contributed by atoms with Crippen LogP contribution in [0.3, 0.4) is 0 Å². The van der Waals surface area contributed by atoms with Crippen LogP contribution in [0, 0.1) is 5.92 Å². The van der Waals surface area contributed by atoms with Crippen LogP contribution in [0.4, 0.5) is 13.2 Å². The van der Waals surface area contributed by atoms with Gasteiger partial charge in [0, 0.05) is 17.7 Å². The molecule has 1 aromatic heterocycles. The van der Waals surface area contributed by atoms with E-state index < -0.39 is 49.5 Å². The van der Waals surface area contributed by atoms with Crippen LogP contribution in [-0.2, 0) is 16.0 Å². The summed E-state index contributed by atoms with van der Waals surface area (Å²) in [6.45, 7) is 0. The van der Waals surface area contributed by atoms with E-state index in [9.17, 15) is 26.4 Å². The number of fused-ring (bicyclic) bond motifs is 2. The highest BCUT2D eigenvalue weighted by molar-refractivity contribution is 7.93. The molecule has 1 aromatic rings. The predicted molar refractivity (Wildman–Crippen MR) is 72.0 cm³/mol. The Morgan fingerprint density at radius 3 is 2.32 bits per heavy atom. The van der Waals surface area contributed by atoms with Gasteiger partial charge in [0.2, 0.25) is 0 Å². The van der Waals surface area contributed by atoms with Crippen LogP contribution in [0.1, 0.15) is 41.7 Å². The van der Waals surface area contributed by atoms with Gasteiger partial charge in [-0.15, -0.1) is 0 Å². The molecule has 3 rings (SSSR count). The quantitative estimate of drug-likeness (QED) is 0.781. The van der Waals surface area contributed by atoms with Crippen molar-refractivity contribution in [2.24, 2.45) is 5.92 Å². The lowest BCUT2D eigenvalue weighted by atomic mass is 9.89. The van der Waals surface area contributed by atoms with Gasteiger partial charge in [-0.05, 0) is 37.8 Å². The number of rotatable bonds is 2. The Balaban J connectivity index is 1.91. The number of carbonyl (C=O) groups excluding carboxylic acids is 1. The van der Waals surface area contributed by atoms with Crippen molar-refractivity contribution in [2.45, 2.75) is 42.4 Å². The summed E-state index contributed by atoms with van der Waals surface area (Å²) in [5.41, 5.74) is -1.65. The molecular weight excluding hydrogens is 319 g/mol. The number of sulfone groups is 1. The second kappa shape index (κ2) is 5.04. The summed E-state index contributed by atoms with van der Waals surface area (Å²) in [5.74, 6) is -1.32. The lowest BCUT2D eigenvalue weighted by Crippen LogP contribution is -2.36. The topological polar surface area (TPSA) is 64.1 Å². The fraction of sp³-hybridized carbons (Fsp3) is 0.571. The zero-order valence-corrected chi connectivity index (χ0v) is 12.3. The van der Waals surface area contributed by atoms with Gasteiger partial charge in [-0.2, -0.15) is 13.2 Å². The van der Waals surface area contributed by atoms with E-state index in [1.54, 1.807) is 0 Å². The molecule has 2 bridgehead atoms. The summed E-state index contributed by atoms with van der Waals surface area (Å²) in [6.07, 6.45) is -2.49. The Morgan fingerprint density at radius 2 is 1.77 bits per heavy atom. The molecule has 2 saturated heterocycles. The summed E-state index contributed by atoms with van der Waals surface area (Å²) >= 11 is 0. The maximum atomic E-state index is 13.0. The number of halogens is 3. The SMILES string of the molecule is O=C(c1cccnc1C(F)(F)F)C1CC2CCC(C1)S2(=O)=O. The summed E-state index contributed by atoms with van der Waals surface area (Å²) in [4.78, 5) is 15.7. The number of pyridine rings is 1. The minimum atomic E-state index is -4.70. The number of nitrogens with zero attached hydrogens (tertiary/aromatic N) is 1. The van der Waals surface area contributed by atoms with Gasteiger partial charge in [-0.1, -0.05) is 0 Å². The molecule has 2 aliphatic rings. The van der Waals surface area contributed by atoms with Gasteiger partial charge < -0.3 is 0 Å². The largest absolute Gasteiger partial charge is 0.434 e. The highest BCUT2D eigenvalue weighted by Gasteiger charge is 2.49. The lowest BCUT2D eigenvalue weighted by Gasteiger charge is -2.27. The Labute approximate surface area is 125 Å². The van der Waals surface area contributed by atoms with Gasteiger partial charge in [0.25, 0.3) is 0 Å². The number of hydrogen-bond donors (Lipinski definition) is 0. The Morgan fingerprint density at radius 1 is 1.18 bits per heavy atom. The smallest absolute Gasteiger partial charge is 0.294 e. The van der Waals surface area contributed by atoms with Crippen LogP contribution in [0.2, 0.25) is 0 Å². The molecule has 0 N–H and O–H groups in total. The van der Waals surface area contributed by atoms with E-state index in [2.05, 4.69) is 4.98 Å². The third-order valence-electron chi connectivity index (χ3n) is 4.55. The molecule has 0 spiro atoms. The number of carbonyl (C=O) groups is 1. The van der Waals surface area contributed by atoms with Crippen molar-refractivity contribution in [1.29, 1.82) is 0 Å². The van der Waals surface area contributed by atoms with Crippen LogP contribution < -0.4 is 0 Å². The maximum Gasteiger partial charge on any atom is 0.434 e. The van der Waals surface area contributed by atoms with Crippen molar-refractivity contribution in [3.05, 3.63) is 29.6 Å². The standard InChI is InChI=1S/C14H14F3NO3S/c15-14(16,17)13-11(2-1-5-18-13)12(19)8-6-9-3-4-10(7-8)22(9,20)21/h1-2,5,8-10H,3-4,6-7H2. The van der Waals surface area contributed by atoms with Gasteiger partial charge in [0.05, 0.1) is 10.5 Å². The highest BCUT2D eigenvalue weighted by Crippen LogP contribution is 2.43. The van der Waals surface area contributed by atoms with Crippen LogP contribution >= 0.6 is 0 Å². The average Bonchev–Trinajstić information content (AvgIpc) is 2.66. The van der Waals surface area contributed by atoms with Crippen molar-refractivity contribution < 1.29 is 26.4 Å². The van der Waals surface area contributed by atoms with Crippen LogP contribution in [0.5, 0.6) is 0 Å². The number of Topliss-reactive ketones (excluding diaryl/α,β-unsaturated/α-hetero) is 1. The first-order valence-electron chi connectivity index (χ1n) is 7.00. The molecule has 0 saturated carbocycles. The van der Waals surface area contributed by atoms with Crippen LogP contribution in [-0.4, -0.2) is 29.7 Å². The van der Waals surface area contributed by atoms with Crippen molar-refractivity contribution >= 4 is 15.6 Å². The third-order valence-corrected chi connectivity index (χ3v) is 7.26. The molecule has 3 heterocycles. The summed E-state index contributed by atoms with van der Waals surface area (Å²) in [7, 11) is -3.21. The minimum absolute atomic E-state index is 0.115. The maximum absolute atomic E-state index is 13.0. The Hall–Kier alpha value is -1.44. The normalized spacial score (nSPS) is 30.2. The second-order valence-electron chi connectivity index (χ2n) is 5.84. The fourth-order valence-electron chi connectivity index (χ4n) is 3.47. The van der Waals surface area contributed by atoms with Gasteiger partial charge in [0.15, 0.2) is 21.3 Å². The molecule has 22 heavy (non-hydrogen) atoms. The first-order valence-corrected chi connectivity index (χ1v) is 8.61. The zero-order valence-electron chi connectivity index (χ0n) is 11.5. The molecule has 120 valence electrons. The molecule has 4 nitrogen and oxygen atoms in total. The van der Waals surface area contributed by atoms with Crippen LogP contribution in [0.25, 0.3) is 0 Å². The van der Waals surface area contributed by atoms with E-state index in [0.29, 0.717) is 12.8 Å². The molecule has 0 amide bonds. The van der Waals surface area contributed by atoms with E-state index in [4.69, 9.17) is 0 Å². The fourth-order valence-corrected chi connectivity index (χ4v) is 5.95. The van der Waals surface area contributed by atoms with E-state index in [0.717, 1.165) is 12.3 Å². The van der Waals surface area contributed by atoms with Crippen molar-refractivity contribution in [1.82, 2.24) is 4.98 Å². The number of alkyl halides is 3. The summed E-state index contributed by atoms with van der Waals surface area (Å²) in [6, 6.07) is 2.40. The van der Waals surface area contributed by atoms with E-state index in [-0.39, 0.29) is 12.8 Å². The number of ketones is 1. The van der Waals surface area contributed by atoms with Crippen molar-refractivity contribution in [3.63, 3.8) is 0 Å². The molecule has 2 aliphatic heterocycles. The second-order valence-corrected chi connectivity index (χ2v) is 8.35. The molecule has 8 heteroatoms. The molecule has 0 aliphatic carbocycles. The van der Waals surface area contributed by atoms with Gasteiger partial charge in [-0.25, -0.2) is 8.42 Å². The summed E-state index contributed by atoms with van der Waals surface area (Å²) < 4.78 is 62.9. The molecular formula is C14H14F3NO3S. The monoisotopic (exact) mass is 333 g/mol. The first kappa shape index (κ1) is 15.5. The van der Waals surface area contributed by atoms with Crippen molar-refractivity contribution in [3.8, 4) is 0 Å². The Kier molecular flexibility index (Phi) is 3.54. The molecule has 2 atom stereocenters. The summed E-state index contributed by atoms with van der Waals surface area (Å²) in [5, 5.41) is -1.18. The average molecular weight is 333 g/mol. The van der Waals surface area contributed by atoms with Crippen molar-refractivity contribution in [2.75, 3.05) is 0 Å². The van der Waals surface area contributed by atoms with E-state index in [1.165, 1.54) is 6.07 Å². The highest BCUT2D eigenvalue weighted by atomic mass is 32.2. The van der Waals surface area contributed by atoms with E-state index >= 15 is 0 Å².